The second-order valence-electron chi connectivity index (χ2n) is 3.13. The topological polar surface area (TPSA) is 52.5 Å². The highest BCUT2D eigenvalue weighted by Crippen LogP contribution is 2.25. The summed E-state index contributed by atoms with van der Waals surface area (Å²) in [6, 6.07) is 2.25. The van der Waals surface area contributed by atoms with Crippen LogP contribution in [0.4, 0.5) is 0 Å². The van der Waals surface area contributed by atoms with E-state index in [1.54, 1.807) is 11.3 Å². The van der Waals surface area contributed by atoms with Crippen LogP contribution in [0.2, 0.25) is 0 Å². The van der Waals surface area contributed by atoms with Gasteiger partial charge in [0.1, 0.15) is 0 Å². The maximum absolute atomic E-state index is 9.14. The molecule has 1 aromatic heterocycles. The summed E-state index contributed by atoms with van der Waals surface area (Å²) in [5.41, 5.74) is 0. The van der Waals surface area contributed by atoms with E-state index in [0.29, 0.717) is 6.54 Å². The number of rotatable bonds is 5. The third-order valence-corrected chi connectivity index (χ3v) is 3.76. The standard InChI is InChI=1S/C9H14BrNO2S/c1-6(11-3-8(13)4-12)9-2-7(10)5-14-9/h2,5-6,8,11-13H,3-4H2,1H3. The molecule has 1 rings (SSSR count). The van der Waals surface area contributed by atoms with E-state index in [1.165, 1.54) is 4.88 Å². The Balaban J connectivity index is 2.39. The SMILES string of the molecule is CC(NCC(O)CO)c1cc(Br)cs1. The Morgan fingerprint density at radius 3 is 2.86 bits per heavy atom. The first kappa shape index (κ1) is 12.1. The average Bonchev–Trinajstić information content (AvgIpc) is 2.60. The lowest BCUT2D eigenvalue weighted by atomic mass is 10.2. The predicted octanol–water partition coefficient (Wildman–Crippen LogP) is 1.51. The van der Waals surface area contributed by atoms with Crippen LogP contribution in [0.1, 0.15) is 17.8 Å². The summed E-state index contributed by atoms with van der Waals surface area (Å²) in [5.74, 6) is 0. The lowest BCUT2D eigenvalue weighted by molar-refractivity contribution is 0.0925. The second-order valence-corrected chi connectivity index (χ2v) is 4.99. The molecule has 0 fully saturated rings. The number of thiophene rings is 1. The Labute approximate surface area is 95.9 Å². The van der Waals surface area contributed by atoms with Gasteiger partial charge in [0.2, 0.25) is 0 Å². The molecule has 3 N–H and O–H groups in total. The lowest BCUT2D eigenvalue weighted by Crippen LogP contribution is -2.30. The van der Waals surface area contributed by atoms with Crippen LogP contribution in [0, 0.1) is 0 Å². The van der Waals surface area contributed by atoms with Gasteiger partial charge in [0, 0.05) is 27.3 Å². The van der Waals surface area contributed by atoms with Gasteiger partial charge in [-0.05, 0) is 28.9 Å². The molecule has 1 aromatic rings. The summed E-state index contributed by atoms with van der Waals surface area (Å²) in [6.07, 6.45) is -0.680. The maximum Gasteiger partial charge on any atom is 0.0895 e. The predicted molar refractivity (Wildman–Crippen MR) is 61.5 cm³/mol. The minimum Gasteiger partial charge on any atom is -0.394 e. The van der Waals surface area contributed by atoms with E-state index in [0.717, 1.165) is 4.47 Å². The normalized spacial score (nSPS) is 15.4. The zero-order valence-corrected chi connectivity index (χ0v) is 10.3. The molecule has 0 saturated heterocycles. The molecule has 0 radical (unpaired) electrons. The Bertz CT molecular complexity index is 280. The minimum absolute atomic E-state index is 0.201. The van der Waals surface area contributed by atoms with Crippen molar-refractivity contribution in [2.24, 2.45) is 0 Å². The van der Waals surface area contributed by atoms with Gasteiger partial charge < -0.3 is 15.5 Å². The summed E-state index contributed by atoms with van der Waals surface area (Å²) in [7, 11) is 0. The molecule has 0 aliphatic rings. The van der Waals surface area contributed by atoms with Crippen molar-refractivity contribution < 1.29 is 10.2 Å². The van der Waals surface area contributed by atoms with Gasteiger partial charge in [-0.3, -0.25) is 0 Å². The van der Waals surface area contributed by atoms with Crippen LogP contribution < -0.4 is 5.32 Å². The molecule has 5 heteroatoms. The molecular weight excluding hydrogens is 266 g/mol. The van der Waals surface area contributed by atoms with E-state index in [4.69, 9.17) is 10.2 Å². The molecular formula is C9H14BrNO2S. The summed E-state index contributed by atoms with van der Waals surface area (Å²) in [4.78, 5) is 1.21. The summed E-state index contributed by atoms with van der Waals surface area (Å²) in [5, 5.41) is 22.9. The van der Waals surface area contributed by atoms with Gasteiger partial charge in [-0.2, -0.15) is 0 Å². The summed E-state index contributed by atoms with van der Waals surface area (Å²) < 4.78 is 1.08. The Kier molecular flexibility index (Phi) is 5.05. The van der Waals surface area contributed by atoms with Gasteiger partial charge in [-0.15, -0.1) is 11.3 Å². The third kappa shape index (κ3) is 3.67. The van der Waals surface area contributed by atoms with E-state index in [2.05, 4.69) is 21.2 Å². The van der Waals surface area contributed by atoms with Gasteiger partial charge in [0.25, 0.3) is 0 Å². The Morgan fingerprint density at radius 2 is 2.36 bits per heavy atom. The van der Waals surface area contributed by atoms with Crippen LogP contribution >= 0.6 is 27.3 Å². The van der Waals surface area contributed by atoms with Crippen LogP contribution in [0.5, 0.6) is 0 Å². The first-order valence-corrected chi connectivity index (χ1v) is 6.07. The molecule has 2 atom stereocenters. The lowest BCUT2D eigenvalue weighted by Gasteiger charge is -2.14. The molecule has 0 amide bonds. The van der Waals surface area contributed by atoms with Gasteiger partial charge in [-0.25, -0.2) is 0 Å². The largest absolute Gasteiger partial charge is 0.394 e. The van der Waals surface area contributed by atoms with E-state index in [1.807, 2.05) is 18.4 Å². The molecule has 2 unspecified atom stereocenters. The molecule has 0 aromatic carbocycles. The van der Waals surface area contributed by atoms with Crippen molar-refractivity contribution in [3.8, 4) is 0 Å². The first-order valence-electron chi connectivity index (χ1n) is 4.39. The molecule has 80 valence electrons. The van der Waals surface area contributed by atoms with Gasteiger partial charge in [0.15, 0.2) is 0 Å². The molecule has 0 bridgehead atoms. The van der Waals surface area contributed by atoms with Gasteiger partial charge in [0.05, 0.1) is 12.7 Å². The molecule has 1 heterocycles. The quantitative estimate of drug-likeness (QED) is 0.766. The highest BCUT2D eigenvalue weighted by molar-refractivity contribution is 9.10. The van der Waals surface area contributed by atoms with E-state index >= 15 is 0 Å². The Morgan fingerprint density at radius 1 is 1.64 bits per heavy atom. The van der Waals surface area contributed by atoms with E-state index < -0.39 is 6.10 Å². The van der Waals surface area contributed by atoms with Crippen molar-refractivity contribution in [2.45, 2.75) is 19.1 Å². The van der Waals surface area contributed by atoms with Gasteiger partial charge >= 0.3 is 0 Å². The average molecular weight is 280 g/mol. The maximum atomic E-state index is 9.14. The zero-order valence-electron chi connectivity index (χ0n) is 7.90. The fourth-order valence-corrected chi connectivity index (χ4v) is 2.51. The third-order valence-electron chi connectivity index (χ3n) is 1.88. The van der Waals surface area contributed by atoms with Crippen LogP contribution in [0.3, 0.4) is 0 Å². The number of hydrogen-bond acceptors (Lipinski definition) is 4. The fourth-order valence-electron chi connectivity index (χ4n) is 1.03. The van der Waals surface area contributed by atoms with Crippen LogP contribution in [0.25, 0.3) is 0 Å². The van der Waals surface area contributed by atoms with Crippen LogP contribution in [-0.4, -0.2) is 29.5 Å². The Hall–Kier alpha value is 0.0600. The summed E-state index contributed by atoms with van der Waals surface area (Å²) in [6.45, 7) is 2.24. The highest BCUT2D eigenvalue weighted by atomic mass is 79.9. The molecule has 0 aliphatic carbocycles. The molecule has 0 saturated carbocycles. The molecule has 0 spiro atoms. The molecule has 3 nitrogen and oxygen atoms in total. The number of aliphatic hydroxyl groups excluding tert-OH is 2. The van der Waals surface area contributed by atoms with Gasteiger partial charge in [-0.1, -0.05) is 0 Å². The molecule has 14 heavy (non-hydrogen) atoms. The van der Waals surface area contributed by atoms with Crippen molar-refractivity contribution in [3.63, 3.8) is 0 Å². The zero-order chi connectivity index (χ0) is 10.6. The number of hydrogen-bond donors (Lipinski definition) is 3. The number of nitrogens with one attached hydrogen (secondary N) is 1. The van der Waals surface area contributed by atoms with E-state index in [9.17, 15) is 0 Å². The van der Waals surface area contributed by atoms with Crippen LogP contribution in [0.15, 0.2) is 15.9 Å². The number of halogens is 1. The second kappa shape index (κ2) is 5.82. The van der Waals surface area contributed by atoms with Crippen molar-refractivity contribution in [1.29, 1.82) is 0 Å². The van der Waals surface area contributed by atoms with Crippen molar-refractivity contribution >= 4 is 27.3 Å². The molecule has 0 aliphatic heterocycles. The summed E-state index contributed by atoms with van der Waals surface area (Å²) >= 11 is 5.05. The first-order chi connectivity index (χ1) is 6.63. The van der Waals surface area contributed by atoms with Crippen molar-refractivity contribution in [2.75, 3.05) is 13.2 Å². The minimum atomic E-state index is -0.680. The van der Waals surface area contributed by atoms with E-state index in [-0.39, 0.29) is 12.6 Å². The number of aliphatic hydroxyl groups is 2. The smallest absolute Gasteiger partial charge is 0.0895 e. The highest BCUT2D eigenvalue weighted by Gasteiger charge is 2.09. The van der Waals surface area contributed by atoms with Crippen LogP contribution in [-0.2, 0) is 0 Å². The van der Waals surface area contributed by atoms with Crippen molar-refractivity contribution in [3.05, 3.63) is 20.8 Å². The monoisotopic (exact) mass is 279 g/mol. The van der Waals surface area contributed by atoms with Crippen molar-refractivity contribution in [1.82, 2.24) is 5.32 Å². The fraction of sp³-hybridized carbons (Fsp3) is 0.556.